The van der Waals surface area contributed by atoms with Crippen LogP contribution in [0.25, 0.3) is 0 Å². The zero-order valence-corrected chi connectivity index (χ0v) is 5.49. The van der Waals surface area contributed by atoms with Crippen LogP contribution >= 0.6 is 0 Å². The van der Waals surface area contributed by atoms with Gasteiger partial charge in [0.15, 0.2) is 0 Å². The first-order valence-electron chi connectivity index (χ1n) is 3.34. The molecule has 0 spiro atoms. The Kier molecular flexibility index (Phi) is 2.18. The lowest BCUT2D eigenvalue weighted by Crippen LogP contribution is -2.40. The maximum absolute atomic E-state index is 11.8. The van der Waals surface area contributed by atoms with Crippen LogP contribution in [-0.2, 0) is 0 Å². The smallest absolute Gasteiger partial charge is 0.229 e. The van der Waals surface area contributed by atoms with E-state index in [2.05, 4.69) is 5.32 Å². The number of hydrogen-bond donors (Lipinski definition) is 0. The molecule has 0 saturated carbocycles. The second-order valence-corrected chi connectivity index (χ2v) is 2.46. The van der Waals surface area contributed by atoms with Gasteiger partial charge in [-0.3, -0.25) is 0 Å². The fourth-order valence-corrected chi connectivity index (χ4v) is 1.06. The molecule has 1 unspecified atom stereocenters. The van der Waals surface area contributed by atoms with Crippen molar-refractivity contribution in [1.29, 1.82) is 0 Å². The third kappa shape index (κ3) is 1.87. The molecule has 1 nitrogen and oxygen atoms in total. The van der Waals surface area contributed by atoms with E-state index in [1.165, 1.54) is 0 Å². The summed E-state index contributed by atoms with van der Waals surface area (Å²) in [6.45, 7) is 0.379. The zero-order chi connectivity index (χ0) is 7.61. The van der Waals surface area contributed by atoms with Gasteiger partial charge in [0.05, 0.1) is 0 Å². The Morgan fingerprint density at radius 3 is 2.20 bits per heavy atom. The van der Waals surface area contributed by atoms with Gasteiger partial charge in [0, 0.05) is 6.54 Å². The summed E-state index contributed by atoms with van der Waals surface area (Å²) in [6.07, 6.45) is -2.44. The van der Waals surface area contributed by atoms with Gasteiger partial charge in [0.1, 0.15) is 6.04 Å². The van der Waals surface area contributed by atoms with Crippen LogP contribution in [-0.4, -0.2) is 18.8 Å². The number of hydrogen-bond acceptors (Lipinski definition) is 0. The van der Waals surface area contributed by atoms with Gasteiger partial charge in [-0.25, -0.2) is 5.32 Å². The molecule has 1 fully saturated rings. The lowest BCUT2D eigenvalue weighted by Gasteiger charge is -2.23. The molecule has 1 saturated heterocycles. The number of halogens is 3. The first-order chi connectivity index (χ1) is 4.61. The van der Waals surface area contributed by atoms with Gasteiger partial charge in [-0.15, -0.1) is 0 Å². The number of alkyl halides is 3. The van der Waals surface area contributed by atoms with Gasteiger partial charge in [-0.2, -0.15) is 13.2 Å². The first-order valence-corrected chi connectivity index (χ1v) is 3.34. The van der Waals surface area contributed by atoms with Gasteiger partial charge in [0.25, 0.3) is 0 Å². The molecule has 1 aliphatic rings. The minimum atomic E-state index is -4.10. The molecule has 1 aliphatic heterocycles. The molecule has 59 valence electrons. The van der Waals surface area contributed by atoms with E-state index in [0.717, 1.165) is 6.42 Å². The van der Waals surface area contributed by atoms with Crippen molar-refractivity contribution in [3.63, 3.8) is 0 Å². The highest BCUT2D eigenvalue weighted by Gasteiger charge is 2.40. The topological polar surface area (TPSA) is 14.1 Å². The van der Waals surface area contributed by atoms with E-state index in [1.54, 1.807) is 0 Å². The largest absolute Gasteiger partial charge is 0.405 e. The van der Waals surface area contributed by atoms with Crippen LogP contribution in [0.5, 0.6) is 0 Å². The maximum atomic E-state index is 11.8. The normalized spacial score (nSPS) is 28.5. The van der Waals surface area contributed by atoms with Crippen LogP contribution < -0.4 is 5.32 Å². The van der Waals surface area contributed by atoms with Crippen molar-refractivity contribution in [1.82, 2.24) is 5.32 Å². The highest BCUT2D eigenvalue weighted by molar-refractivity contribution is 4.77. The van der Waals surface area contributed by atoms with Gasteiger partial charge >= 0.3 is 6.18 Å². The lowest BCUT2D eigenvalue weighted by atomic mass is 10.1. The zero-order valence-electron chi connectivity index (χ0n) is 5.49. The van der Waals surface area contributed by atoms with Crippen molar-refractivity contribution >= 4 is 0 Å². The second kappa shape index (κ2) is 2.78. The molecule has 1 rings (SSSR count). The fourth-order valence-electron chi connectivity index (χ4n) is 1.06. The van der Waals surface area contributed by atoms with Gasteiger partial charge in [0.2, 0.25) is 0 Å². The fraction of sp³-hybridized carbons (Fsp3) is 1.00. The monoisotopic (exact) mass is 152 g/mol. The van der Waals surface area contributed by atoms with Crippen molar-refractivity contribution in [2.45, 2.75) is 31.5 Å². The molecule has 1 atom stereocenters. The Balaban J connectivity index is 2.39. The van der Waals surface area contributed by atoms with Crippen molar-refractivity contribution in [3.05, 3.63) is 0 Å². The Bertz CT molecular complexity index is 104. The Hall–Kier alpha value is -0.250. The Labute approximate surface area is 57.6 Å². The molecule has 0 aromatic rings. The van der Waals surface area contributed by atoms with E-state index >= 15 is 0 Å². The molecule has 4 heteroatoms. The molecule has 1 radical (unpaired) electrons. The van der Waals surface area contributed by atoms with Crippen LogP contribution in [0, 0.1) is 0 Å². The standard InChI is InChI=1S/C6H9F3N/c7-6(8,9)5-3-1-2-4-10-5/h5H,1-4H2. The summed E-state index contributed by atoms with van der Waals surface area (Å²) in [7, 11) is 0. The van der Waals surface area contributed by atoms with Crippen LogP contribution in [0.3, 0.4) is 0 Å². The van der Waals surface area contributed by atoms with Crippen LogP contribution in [0.1, 0.15) is 19.3 Å². The first kappa shape index (κ1) is 7.85. The van der Waals surface area contributed by atoms with E-state index in [1.807, 2.05) is 0 Å². The van der Waals surface area contributed by atoms with E-state index in [-0.39, 0.29) is 6.42 Å². The molecule has 0 aromatic carbocycles. The summed E-state index contributed by atoms with van der Waals surface area (Å²) in [5.74, 6) is 0. The number of piperidine rings is 1. The summed E-state index contributed by atoms with van der Waals surface area (Å²) in [6, 6.07) is -1.37. The lowest BCUT2D eigenvalue weighted by molar-refractivity contribution is -0.161. The van der Waals surface area contributed by atoms with Crippen molar-refractivity contribution in [2.75, 3.05) is 6.54 Å². The quantitative estimate of drug-likeness (QED) is 0.501. The third-order valence-corrected chi connectivity index (χ3v) is 1.61. The Morgan fingerprint density at radius 1 is 1.20 bits per heavy atom. The van der Waals surface area contributed by atoms with Crippen molar-refractivity contribution < 1.29 is 13.2 Å². The van der Waals surface area contributed by atoms with Crippen molar-refractivity contribution in [2.24, 2.45) is 0 Å². The molecule has 10 heavy (non-hydrogen) atoms. The highest BCUT2D eigenvalue weighted by Crippen LogP contribution is 2.26. The molecule has 0 aromatic heterocycles. The van der Waals surface area contributed by atoms with Crippen molar-refractivity contribution in [3.8, 4) is 0 Å². The minimum Gasteiger partial charge on any atom is -0.229 e. The summed E-state index contributed by atoms with van der Waals surface area (Å²) in [4.78, 5) is 0. The average Bonchev–Trinajstić information content (AvgIpc) is 1.88. The van der Waals surface area contributed by atoms with Crippen LogP contribution in [0.15, 0.2) is 0 Å². The third-order valence-electron chi connectivity index (χ3n) is 1.61. The van der Waals surface area contributed by atoms with Crippen LogP contribution in [0.2, 0.25) is 0 Å². The molecular weight excluding hydrogens is 143 g/mol. The summed E-state index contributed by atoms with van der Waals surface area (Å²) in [5, 5.41) is 3.48. The van der Waals surface area contributed by atoms with E-state index in [4.69, 9.17) is 0 Å². The molecule has 0 bridgehead atoms. The van der Waals surface area contributed by atoms with E-state index in [9.17, 15) is 13.2 Å². The van der Waals surface area contributed by atoms with E-state index in [0.29, 0.717) is 13.0 Å². The number of nitrogens with zero attached hydrogens (tertiary/aromatic N) is 1. The summed E-state index contributed by atoms with van der Waals surface area (Å²) >= 11 is 0. The summed E-state index contributed by atoms with van der Waals surface area (Å²) in [5.41, 5.74) is 0. The highest BCUT2D eigenvalue weighted by atomic mass is 19.4. The van der Waals surface area contributed by atoms with E-state index < -0.39 is 12.2 Å². The molecule has 0 aliphatic carbocycles. The molecular formula is C6H9F3N. The summed E-state index contributed by atoms with van der Waals surface area (Å²) < 4.78 is 35.5. The van der Waals surface area contributed by atoms with Gasteiger partial charge in [-0.1, -0.05) is 6.42 Å². The minimum absolute atomic E-state index is 0.184. The Morgan fingerprint density at radius 2 is 1.90 bits per heavy atom. The van der Waals surface area contributed by atoms with Crippen LogP contribution in [0.4, 0.5) is 13.2 Å². The molecule has 0 amide bonds. The second-order valence-electron chi connectivity index (χ2n) is 2.46. The predicted molar refractivity (Wildman–Crippen MR) is 30.7 cm³/mol. The van der Waals surface area contributed by atoms with Gasteiger partial charge in [-0.05, 0) is 12.8 Å². The molecule has 1 heterocycles. The SMILES string of the molecule is FC(F)(F)C1CCCC[N]1. The predicted octanol–water partition coefficient (Wildman–Crippen LogP) is 1.71. The maximum Gasteiger partial charge on any atom is 0.405 e. The average molecular weight is 152 g/mol. The number of rotatable bonds is 0. The molecule has 0 N–H and O–H groups in total. The van der Waals surface area contributed by atoms with Gasteiger partial charge < -0.3 is 0 Å².